The van der Waals surface area contributed by atoms with Crippen LogP contribution in [0.3, 0.4) is 0 Å². The van der Waals surface area contributed by atoms with E-state index in [1.54, 1.807) is 24.3 Å². The number of benzene rings is 3. The molecule has 0 heterocycles. The fraction of sp³-hybridized carbons (Fsp3) is 0.125. The number of rotatable bonds is 6. The third-order valence-electron chi connectivity index (χ3n) is 4.51. The van der Waals surface area contributed by atoms with Crippen molar-refractivity contribution in [2.45, 2.75) is 23.6 Å². The number of nitrogens with one attached hydrogen (secondary N) is 2. The standard InChI is InChI=1S/C24H21N3O2S/c1-16-8-7-9-17(2)23(16)27-22(28)15-26-24(29)19-11-4-6-13-21(19)30-20-12-5-3-10-18(20)14-25/h3-13H,15H2,1-2H3,(H,26,29)(H,27,28). The van der Waals surface area contributed by atoms with Gasteiger partial charge in [0.05, 0.1) is 17.7 Å². The highest BCUT2D eigenvalue weighted by atomic mass is 32.2. The molecule has 0 aromatic heterocycles. The SMILES string of the molecule is Cc1cccc(C)c1NC(=O)CNC(=O)c1ccccc1Sc1ccccc1C#N. The average molecular weight is 416 g/mol. The van der Waals surface area contributed by atoms with Gasteiger partial charge in [-0.3, -0.25) is 9.59 Å². The fourth-order valence-electron chi connectivity index (χ4n) is 2.96. The Hall–Kier alpha value is -3.56. The van der Waals surface area contributed by atoms with E-state index in [1.165, 1.54) is 11.8 Å². The highest BCUT2D eigenvalue weighted by molar-refractivity contribution is 7.99. The van der Waals surface area contributed by atoms with Gasteiger partial charge in [0.2, 0.25) is 5.91 Å². The zero-order chi connectivity index (χ0) is 21.5. The third-order valence-corrected chi connectivity index (χ3v) is 5.67. The first-order valence-corrected chi connectivity index (χ1v) is 10.2. The van der Waals surface area contributed by atoms with E-state index in [2.05, 4.69) is 16.7 Å². The molecule has 3 rings (SSSR count). The van der Waals surface area contributed by atoms with Crippen LogP contribution in [0.15, 0.2) is 76.5 Å². The molecular formula is C24H21N3O2S. The zero-order valence-corrected chi connectivity index (χ0v) is 17.5. The summed E-state index contributed by atoms with van der Waals surface area (Å²) in [6.07, 6.45) is 0. The van der Waals surface area contributed by atoms with Gasteiger partial charge in [-0.15, -0.1) is 0 Å². The van der Waals surface area contributed by atoms with E-state index in [0.717, 1.165) is 21.7 Å². The Morgan fingerprint density at radius 3 is 2.23 bits per heavy atom. The van der Waals surface area contributed by atoms with Crippen molar-refractivity contribution in [1.29, 1.82) is 5.26 Å². The number of carbonyl (C=O) groups excluding carboxylic acids is 2. The Bertz CT molecular complexity index is 1120. The molecule has 5 nitrogen and oxygen atoms in total. The number of hydrogen-bond acceptors (Lipinski definition) is 4. The summed E-state index contributed by atoms with van der Waals surface area (Å²) in [4.78, 5) is 26.6. The number of aryl methyl sites for hydroxylation is 2. The van der Waals surface area contributed by atoms with Crippen LogP contribution < -0.4 is 10.6 Å². The molecule has 0 aliphatic carbocycles. The van der Waals surface area contributed by atoms with Gasteiger partial charge in [-0.05, 0) is 49.2 Å². The van der Waals surface area contributed by atoms with Gasteiger partial charge in [-0.2, -0.15) is 5.26 Å². The summed E-state index contributed by atoms with van der Waals surface area (Å²) in [6.45, 7) is 3.71. The number of nitrogens with zero attached hydrogens (tertiary/aromatic N) is 1. The number of carbonyl (C=O) groups is 2. The first kappa shape index (κ1) is 21.2. The largest absolute Gasteiger partial charge is 0.343 e. The minimum absolute atomic E-state index is 0.139. The summed E-state index contributed by atoms with van der Waals surface area (Å²) >= 11 is 1.35. The van der Waals surface area contributed by atoms with E-state index in [0.29, 0.717) is 16.0 Å². The van der Waals surface area contributed by atoms with E-state index in [4.69, 9.17) is 0 Å². The maximum atomic E-state index is 12.7. The van der Waals surface area contributed by atoms with Gasteiger partial charge in [0.25, 0.3) is 5.91 Å². The number of hydrogen-bond donors (Lipinski definition) is 2. The smallest absolute Gasteiger partial charge is 0.252 e. The third kappa shape index (κ3) is 5.07. The predicted molar refractivity (Wildman–Crippen MR) is 119 cm³/mol. The van der Waals surface area contributed by atoms with E-state index in [-0.39, 0.29) is 18.4 Å². The Balaban J connectivity index is 1.69. The summed E-state index contributed by atoms with van der Waals surface area (Å²) < 4.78 is 0. The molecule has 30 heavy (non-hydrogen) atoms. The number of para-hydroxylation sites is 1. The summed E-state index contributed by atoms with van der Waals surface area (Å²) in [5, 5.41) is 14.8. The molecule has 0 saturated carbocycles. The van der Waals surface area contributed by atoms with Crippen molar-refractivity contribution in [3.8, 4) is 6.07 Å². The molecule has 0 aliphatic heterocycles. The molecule has 0 bridgehead atoms. The molecule has 0 unspecified atom stereocenters. The van der Waals surface area contributed by atoms with Crippen LogP contribution in [-0.4, -0.2) is 18.4 Å². The molecule has 0 fully saturated rings. The Labute approximate surface area is 180 Å². The Morgan fingerprint density at radius 1 is 0.900 bits per heavy atom. The van der Waals surface area contributed by atoms with Crippen LogP contribution in [0, 0.1) is 25.2 Å². The second-order valence-electron chi connectivity index (χ2n) is 6.70. The highest BCUT2D eigenvalue weighted by Crippen LogP contribution is 2.32. The lowest BCUT2D eigenvalue weighted by Gasteiger charge is -2.13. The van der Waals surface area contributed by atoms with Crippen molar-refractivity contribution in [3.05, 3.63) is 89.0 Å². The van der Waals surface area contributed by atoms with Crippen molar-refractivity contribution in [3.63, 3.8) is 0 Å². The second kappa shape index (κ2) is 9.77. The topological polar surface area (TPSA) is 82.0 Å². The average Bonchev–Trinajstić information content (AvgIpc) is 2.75. The van der Waals surface area contributed by atoms with Crippen LogP contribution in [0.4, 0.5) is 5.69 Å². The Morgan fingerprint density at radius 2 is 1.53 bits per heavy atom. The molecule has 2 N–H and O–H groups in total. The number of anilines is 1. The van der Waals surface area contributed by atoms with E-state index >= 15 is 0 Å². The zero-order valence-electron chi connectivity index (χ0n) is 16.7. The molecule has 0 aliphatic rings. The van der Waals surface area contributed by atoms with Gasteiger partial charge in [-0.1, -0.05) is 54.2 Å². The lowest BCUT2D eigenvalue weighted by molar-refractivity contribution is -0.115. The van der Waals surface area contributed by atoms with Crippen LogP contribution in [0.5, 0.6) is 0 Å². The highest BCUT2D eigenvalue weighted by Gasteiger charge is 2.15. The molecule has 3 aromatic rings. The van der Waals surface area contributed by atoms with Crippen molar-refractivity contribution >= 4 is 29.3 Å². The quantitative estimate of drug-likeness (QED) is 0.612. The fourth-order valence-corrected chi connectivity index (χ4v) is 3.99. The van der Waals surface area contributed by atoms with Gasteiger partial charge < -0.3 is 10.6 Å². The summed E-state index contributed by atoms with van der Waals surface area (Å²) in [7, 11) is 0. The van der Waals surface area contributed by atoms with Crippen LogP contribution in [0.25, 0.3) is 0 Å². The lowest BCUT2D eigenvalue weighted by Crippen LogP contribution is -2.33. The normalized spacial score (nSPS) is 10.2. The van der Waals surface area contributed by atoms with Crippen LogP contribution in [0.1, 0.15) is 27.0 Å². The minimum atomic E-state index is -0.343. The Kier molecular flexibility index (Phi) is 6.89. The first-order chi connectivity index (χ1) is 14.5. The molecule has 6 heteroatoms. The van der Waals surface area contributed by atoms with Gasteiger partial charge in [0, 0.05) is 15.5 Å². The molecule has 0 atom stereocenters. The van der Waals surface area contributed by atoms with Crippen LogP contribution in [0.2, 0.25) is 0 Å². The molecular weight excluding hydrogens is 394 g/mol. The summed E-state index contributed by atoms with van der Waals surface area (Å²) in [6, 6.07) is 22.3. The second-order valence-corrected chi connectivity index (χ2v) is 7.79. The molecule has 150 valence electrons. The van der Waals surface area contributed by atoms with E-state index in [1.807, 2.05) is 56.3 Å². The van der Waals surface area contributed by atoms with Crippen molar-refractivity contribution in [1.82, 2.24) is 5.32 Å². The monoisotopic (exact) mass is 415 g/mol. The lowest BCUT2D eigenvalue weighted by atomic mass is 10.1. The van der Waals surface area contributed by atoms with Gasteiger partial charge >= 0.3 is 0 Å². The molecule has 2 amide bonds. The molecule has 0 saturated heterocycles. The maximum absolute atomic E-state index is 12.7. The van der Waals surface area contributed by atoms with Gasteiger partial charge in [-0.25, -0.2) is 0 Å². The summed E-state index contributed by atoms with van der Waals surface area (Å²) in [5.41, 5.74) is 3.70. The summed E-state index contributed by atoms with van der Waals surface area (Å²) in [5.74, 6) is -0.634. The van der Waals surface area contributed by atoms with Crippen LogP contribution in [-0.2, 0) is 4.79 Å². The molecule has 3 aromatic carbocycles. The van der Waals surface area contributed by atoms with Crippen molar-refractivity contribution in [2.24, 2.45) is 0 Å². The predicted octanol–water partition coefficient (Wildman–Crippen LogP) is 4.69. The molecule has 0 radical (unpaired) electrons. The van der Waals surface area contributed by atoms with Gasteiger partial charge in [0.1, 0.15) is 6.07 Å². The van der Waals surface area contributed by atoms with Crippen molar-refractivity contribution in [2.75, 3.05) is 11.9 Å². The van der Waals surface area contributed by atoms with Crippen molar-refractivity contribution < 1.29 is 9.59 Å². The maximum Gasteiger partial charge on any atom is 0.252 e. The number of amides is 2. The van der Waals surface area contributed by atoms with E-state index in [9.17, 15) is 14.9 Å². The van der Waals surface area contributed by atoms with Gasteiger partial charge in [0.15, 0.2) is 0 Å². The van der Waals surface area contributed by atoms with Crippen LogP contribution >= 0.6 is 11.8 Å². The minimum Gasteiger partial charge on any atom is -0.343 e. The van der Waals surface area contributed by atoms with E-state index < -0.39 is 0 Å². The molecule has 0 spiro atoms. The number of nitriles is 1. The first-order valence-electron chi connectivity index (χ1n) is 9.40.